The van der Waals surface area contributed by atoms with Crippen LogP contribution in [0.15, 0.2) is 45.9 Å². The van der Waals surface area contributed by atoms with Gasteiger partial charge >= 0.3 is 0 Å². The van der Waals surface area contributed by atoms with E-state index in [1.165, 1.54) is 5.56 Å². The number of aryl methyl sites for hydroxylation is 1. The lowest BCUT2D eigenvalue weighted by Gasteiger charge is -2.03. The summed E-state index contributed by atoms with van der Waals surface area (Å²) in [6.07, 6.45) is 1.71. The number of halogens is 1. The number of nitrogens with one attached hydrogen (secondary N) is 1. The maximum atomic E-state index is 10.1. The highest BCUT2D eigenvalue weighted by Gasteiger charge is 2.09. The predicted molar refractivity (Wildman–Crippen MR) is 90.8 cm³/mol. The van der Waals surface area contributed by atoms with E-state index in [-0.39, 0.29) is 5.88 Å². The molecule has 0 fully saturated rings. The quantitative estimate of drug-likeness (QED) is 0.632. The van der Waals surface area contributed by atoms with Crippen molar-refractivity contribution < 1.29 is 5.11 Å². The Morgan fingerprint density at radius 2 is 2.00 bits per heavy atom. The summed E-state index contributed by atoms with van der Waals surface area (Å²) in [5.41, 5.74) is 4.86. The fraction of sp³-hybridized carbons (Fsp3) is 0.118. The molecule has 4 heteroatoms. The normalized spacial score (nSPS) is 11.6. The van der Waals surface area contributed by atoms with E-state index >= 15 is 0 Å². The second-order valence-electron chi connectivity index (χ2n) is 5.05. The summed E-state index contributed by atoms with van der Waals surface area (Å²) in [6.45, 7) is 4.11. The van der Waals surface area contributed by atoms with E-state index in [0.29, 0.717) is 5.56 Å². The van der Waals surface area contributed by atoms with Gasteiger partial charge < -0.3 is 10.1 Å². The number of aromatic nitrogens is 1. The number of fused-ring (bicyclic) bond motifs is 1. The Morgan fingerprint density at radius 3 is 2.81 bits per heavy atom. The summed E-state index contributed by atoms with van der Waals surface area (Å²) in [4.78, 5) is 7.49. The first kappa shape index (κ1) is 13.9. The zero-order valence-electron chi connectivity index (χ0n) is 11.8. The summed E-state index contributed by atoms with van der Waals surface area (Å²) >= 11 is 3.45. The van der Waals surface area contributed by atoms with Crippen molar-refractivity contribution in [2.24, 2.45) is 4.99 Å². The molecule has 0 saturated heterocycles. The molecule has 0 aliphatic heterocycles. The Morgan fingerprint density at radius 1 is 1.19 bits per heavy atom. The Bertz CT molecular complexity index is 849. The molecule has 0 radical (unpaired) electrons. The lowest BCUT2D eigenvalue weighted by atomic mass is 10.1. The average molecular weight is 343 g/mol. The van der Waals surface area contributed by atoms with Crippen molar-refractivity contribution >= 4 is 38.7 Å². The Hall–Kier alpha value is -2.07. The molecule has 3 rings (SSSR count). The van der Waals surface area contributed by atoms with Crippen LogP contribution in [0.1, 0.15) is 16.7 Å². The molecule has 3 nitrogen and oxygen atoms in total. The molecule has 0 aliphatic rings. The number of rotatable bonds is 2. The van der Waals surface area contributed by atoms with E-state index < -0.39 is 0 Å². The van der Waals surface area contributed by atoms with Gasteiger partial charge in [0.1, 0.15) is 0 Å². The van der Waals surface area contributed by atoms with Gasteiger partial charge in [0.2, 0.25) is 0 Å². The van der Waals surface area contributed by atoms with Crippen LogP contribution in [0, 0.1) is 13.8 Å². The van der Waals surface area contributed by atoms with Crippen molar-refractivity contribution in [1.82, 2.24) is 4.98 Å². The zero-order chi connectivity index (χ0) is 15.0. The van der Waals surface area contributed by atoms with E-state index in [9.17, 15) is 5.11 Å². The highest BCUT2D eigenvalue weighted by atomic mass is 79.9. The Balaban J connectivity index is 2.09. The van der Waals surface area contributed by atoms with E-state index in [1.807, 2.05) is 37.3 Å². The molecule has 0 saturated carbocycles. The third-order valence-corrected chi connectivity index (χ3v) is 4.18. The highest BCUT2D eigenvalue weighted by Crippen LogP contribution is 2.29. The molecule has 2 aromatic carbocycles. The molecule has 0 unspecified atom stereocenters. The highest BCUT2D eigenvalue weighted by molar-refractivity contribution is 9.10. The second kappa shape index (κ2) is 5.37. The molecule has 3 aromatic rings. The average Bonchev–Trinajstić information content (AvgIpc) is 2.76. The lowest BCUT2D eigenvalue weighted by Crippen LogP contribution is -1.83. The van der Waals surface area contributed by atoms with Crippen molar-refractivity contribution in [1.29, 1.82) is 0 Å². The molecule has 2 N–H and O–H groups in total. The number of aliphatic imine (C=N–C) groups is 1. The molecule has 0 aliphatic carbocycles. The van der Waals surface area contributed by atoms with E-state index in [4.69, 9.17) is 0 Å². The molecule has 0 spiro atoms. The largest absolute Gasteiger partial charge is 0.494 e. The van der Waals surface area contributed by atoms with Crippen molar-refractivity contribution in [2.45, 2.75) is 13.8 Å². The number of nitrogens with zero attached hydrogens (tertiary/aromatic N) is 1. The maximum Gasteiger partial charge on any atom is 0.198 e. The third kappa shape index (κ3) is 2.59. The minimum atomic E-state index is 0.136. The van der Waals surface area contributed by atoms with E-state index in [2.05, 4.69) is 38.9 Å². The van der Waals surface area contributed by atoms with Gasteiger partial charge in [0.15, 0.2) is 5.88 Å². The summed E-state index contributed by atoms with van der Waals surface area (Å²) in [6, 6.07) is 11.9. The van der Waals surface area contributed by atoms with E-state index in [1.54, 1.807) is 6.21 Å². The van der Waals surface area contributed by atoms with Gasteiger partial charge in [-0.25, -0.2) is 0 Å². The fourth-order valence-electron chi connectivity index (χ4n) is 2.31. The van der Waals surface area contributed by atoms with Crippen molar-refractivity contribution in [3.63, 3.8) is 0 Å². The summed E-state index contributed by atoms with van der Waals surface area (Å²) in [5.74, 6) is 0.136. The van der Waals surface area contributed by atoms with Crippen LogP contribution in [0.2, 0.25) is 0 Å². The maximum absolute atomic E-state index is 10.1. The van der Waals surface area contributed by atoms with Crippen molar-refractivity contribution in [2.75, 3.05) is 0 Å². The van der Waals surface area contributed by atoms with Gasteiger partial charge in [0, 0.05) is 21.6 Å². The van der Waals surface area contributed by atoms with Gasteiger partial charge in [-0.15, -0.1) is 0 Å². The monoisotopic (exact) mass is 342 g/mol. The first-order valence-electron chi connectivity index (χ1n) is 6.67. The fourth-order valence-corrected chi connectivity index (χ4v) is 2.67. The standard InChI is InChI=1S/C17H15BrN2O/c1-10-4-3-5-15(11(10)2)19-9-14-13-8-12(18)6-7-16(13)20-17(14)21/h3-9,20-21H,1-2H3. The first-order valence-corrected chi connectivity index (χ1v) is 7.46. The number of H-pyrrole nitrogens is 1. The van der Waals surface area contributed by atoms with Gasteiger partial charge in [0.05, 0.1) is 11.3 Å². The minimum absolute atomic E-state index is 0.136. The minimum Gasteiger partial charge on any atom is -0.494 e. The number of aromatic hydroxyl groups is 1. The third-order valence-electron chi connectivity index (χ3n) is 3.69. The van der Waals surface area contributed by atoms with Gasteiger partial charge in [-0.05, 0) is 49.2 Å². The van der Waals surface area contributed by atoms with Crippen LogP contribution in [0.3, 0.4) is 0 Å². The van der Waals surface area contributed by atoms with E-state index in [0.717, 1.165) is 26.6 Å². The first-order chi connectivity index (χ1) is 10.1. The molecule has 0 atom stereocenters. The smallest absolute Gasteiger partial charge is 0.198 e. The number of aromatic amines is 1. The van der Waals surface area contributed by atoms with Crippen LogP contribution in [0.5, 0.6) is 5.88 Å². The predicted octanol–water partition coefficient (Wildman–Crippen LogP) is 5.00. The van der Waals surface area contributed by atoms with Gasteiger partial charge in [0.25, 0.3) is 0 Å². The Kier molecular flexibility index (Phi) is 3.55. The van der Waals surface area contributed by atoms with Crippen LogP contribution >= 0.6 is 15.9 Å². The molecular weight excluding hydrogens is 328 g/mol. The molecular formula is C17H15BrN2O. The van der Waals surface area contributed by atoms with Gasteiger partial charge in [-0.3, -0.25) is 4.99 Å². The summed E-state index contributed by atoms with van der Waals surface area (Å²) in [5, 5.41) is 11.0. The molecule has 1 aromatic heterocycles. The number of benzene rings is 2. The molecule has 0 bridgehead atoms. The number of hydrogen-bond donors (Lipinski definition) is 2. The molecule has 21 heavy (non-hydrogen) atoms. The van der Waals surface area contributed by atoms with Gasteiger partial charge in [-0.1, -0.05) is 28.1 Å². The van der Waals surface area contributed by atoms with Crippen LogP contribution in [-0.4, -0.2) is 16.3 Å². The summed E-state index contributed by atoms with van der Waals surface area (Å²) in [7, 11) is 0. The van der Waals surface area contributed by atoms with Crippen LogP contribution in [0.4, 0.5) is 5.69 Å². The SMILES string of the molecule is Cc1cccc(N=Cc2c(O)[nH]c3ccc(Br)cc23)c1C. The van der Waals surface area contributed by atoms with Crippen LogP contribution in [0.25, 0.3) is 10.9 Å². The van der Waals surface area contributed by atoms with Gasteiger partial charge in [-0.2, -0.15) is 0 Å². The topological polar surface area (TPSA) is 48.4 Å². The lowest BCUT2D eigenvalue weighted by molar-refractivity contribution is 0.457. The van der Waals surface area contributed by atoms with Crippen molar-refractivity contribution in [3.8, 4) is 5.88 Å². The van der Waals surface area contributed by atoms with Crippen LogP contribution in [-0.2, 0) is 0 Å². The Labute approximate surface area is 131 Å². The van der Waals surface area contributed by atoms with Crippen LogP contribution < -0.4 is 0 Å². The zero-order valence-corrected chi connectivity index (χ0v) is 13.4. The molecule has 106 valence electrons. The summed E-state index contributed by atoms with van der Waals surface area (Å²) < 4.78 is 0.968. The van der Waals surface area contributed by atoms with Crippen molar-refractivity contribution in [3.05, 3.63) is 57.6 Å². The molecule has 1 heterocycles. The number of hydrogen-bond acceptors (Lipinski definition) is 2. The molecule has 0 amide bonds. The second-order valence-corrected chi connectivity index (χ2v) is 5.97.